The van der Waals surface area contributed by atoms with Crippen molar-refractivity contribution in [2.24, 2.45) is 0 Å². The second-order valence-corrected chi connectivity index (χ2v) is 18.5. The molecule has 4 nitrogen and oxygen atoms in total. The van der Waals surface area contributed by atoms with Gasteiger partial charge in [-0.3, -0.25) is 9.55 Å². The fraction of sp³-hybridized carbons (Fsp3) is 0.200. The third kappa shape index (κ3) is 8.05. The molecule has 0 saturated carbocycles. The van der Waals surface area contributed by atoms with Gasteiger partial charge in [-0.15, -0.1) is 0 Å². The Bertz CT molecular complexity index is 3380. The summed E-state index contributed by atoms with van der Waals surface area (Å²) >= 11 is 0. The molecule has 0 unspecified atom stereocenters. The Morgan fingerprint density at radius 2 is 1.27 bits per heavy atom. The first-order chi connectivity index (χ1) is 33.2. The number of fused-ring (bicyclic) bond motifs is 1. The van der Waals surface area contributed by atoms with Crippen LogP contribution < -0.4 is 0 Å². The van der Waals surface area contributed by atoms with Crippen molar-refractivity contribution in [2.75, 3.05) is 0 Å². The first kappa shape index (κ1) is 35.4. The van der Waals surface area contributed by atoms with Crippen LogP contribution >= 0.6 is 0 Å². The molecule has 318 valence electrons. The molecule has 0 aliphatic rings. The van der Waals surface area contributed by atoms with Crippen LogP contribution in [0.1, 0.15) is 96.3 Å². The highest BCUT2D eigenvalue weighted by Gasteiger charge is 2.26. The van der Waals surface area contributed by atoms with Gasteiger partial charge in [0.1, 0.15) is 11.6 Å². The number of pyridine rings is 1. The van der Waals surface area contributed by atoms with Crippen molar-refractivity contribution in [3.05, 3.63) is 192 Å². The number of rotatable bonds is 9. The summed E-state index contributed by atoms with van der Waals surface area (Å²) in [5, 5.41) is 12.5. The van der Waals surface area contributed by atoms with Crippen LogP contribution in [0.15, 0.2) is 164 Å². The van der Waals surface area contributed by atoms with Crippen molar-refractivity contribution < 1.29 is 13.3 Å². The van der Waals surface area contributed by atoms with E-state index in [0.29, 0.717) is 33.7 Å². The molecule has 0 fully saturated rings. The number of hydrogen-bond acceptors (Lipinski definition) is 3. The lowest BCUT2D eigenvalue weighted by Gasteiger charge is -2.22. The van der Waals surface area contributed by atoms with E-state index in [4.69, 9.17) is 18.2 Å². The molecule has 0 radical (unpaired) electrons. The third-order valence-corrected chi connectivity index (χ3v) is 12.3. The van der Waals surface area contributed by atoms with E-state index in [1.165, 1.54) is 0 Å². The van der Waals surface area contributed by atoms with Crippen molar-refractivity contribution in [3.8, 4) is 78.6 Å². The highest BCUT2D eigenvalue weighted by atomic mass is 16.3. The molecule has 0 amide bonds. The van der Waals surface area contributed by atoms with Crippen LogP contribution in [-0.4, -0.2) is 19.6 Å². The molecule has 0 saturated heterocycles. The average molecular weight is 842 g/mol. The Kier molecular flexibility index (Phi) is 9.36. The molecule has 0 spiro atoms. The summed E-state index contributed by atoms with van der Waals surface area (Å²) in [6.45, 7) is 10.4. The van der Waals surface area contributed by atoms with E-state index in [2.05, 4.69) is 83.4 Å². The Hall–Kier alpha value is -7.04. The molecule has 0 bridgehead atoms. The molecule has 0 atom stereocenters. The number of phenolic OH excluding ortho intramolecular Hbond substituents is 1. The molecule has 9 rings (SSSR count). The maximum absolute atomic E-state index is 12.5. The average Bonchev–Trinajstić information content (AvgIpc) is 3.72. The summed E-state index contributed by atoms with van der Waals surface area (Å²) in [5.41, 5.74) is 14.1. The Morgan fingerprint density at radius 3 is 1.92 bits per heavy atom. The van der Waals surface area contributed by atoms with Crippen LogP contribution in [0.2, 0.25) is 0 Å². The van der Waals surface area contributed by atoms with Gasteiger partial charge in [0.05, 0.1) is 28.0 Å². The Morgan fingerprint density at radius 1 is 0.562 bits per heavy atom. The van der Waals surface area contributed by atoms with E-state index in [-0.39, 0.29) is 34.1 Å². The lowest BCUT2D eigenvalue weighted by Crippen LogP contribution is -2.11. The zero-order chi connectivity index (χ0) is 49.9. The molecule has 9 aromatic rings. The maximum atomic E-state index is 12.5. The van der Waals surface area contributed by atoms with Crippen LogP contribution in [0.25, 0.3) is 83.9 Å². The van der Waals surface area contributed by atoms with Crippen molar-refractivity contribution >= 4 is 11.0 Å². The standard InChI is InChI=1S/C60H57N3O/c1-37(2)45-33-50(38(3)4)58(64)53(34-45)59-62-57-49(46-30-47(32-48(31-46)60(7,8)9)54-35-44(27-28-61-54)41-25-23-39(5)24-26-41)21-16-22-55(57)63(59)56-36-51(42-17-12-10-13-18-42)40(6)29-52(56)43-19-14-11-15-20-43/h10-38,64H,1-9H3/i5D3,6D3. The van der Waals surface area contributed by atoms with Gasteiger partial charge in [-0.1, -0.05) is 163 Å². The van der Waals surface area contributed by atoms with Crippen LogP contribution in [0.5, 0.6) is 5.75 Å². The van der Waals surface area contributed by atoms with Gasteiger partial charge in [0.2, 0.25) is 0 Å². The van der Waals surface area contributed by atoms with E-state index >= 15 is 0 Å². The molecule has 64 heavy (non-hydrogen) atoms. The number of imidazole rings is 1. The molecule has 4 heteroatoms. The largest absolute Gasteiger partial charge is 0.507 e. The minimum Gasteiger partial charge on any atom is -0.507 e. The highest BCUT2D eigenvalue weighted by molar-refractivity contribution is 5.98. The minimum absolute atomic E-state index is 0.00759. The van der Waals surface area contributed by atoms with E-state index in [1.54, 1.807) is 18.3 Å². The summed E-state index contributed by atoms with van der Waals surface area (Å²) in [6, 6.07) is 51.1. The normalized spacial score (nSPS) is 13.6. The zero-order valence-corrected chi connectivity index (χ0v) is 37.5. The van der Waals surface area contributed by atoms with Crippen molar-refractivity contribution in [3.63, 3.8) is 0 Å². The fourth-order valence-corrected chi connectivity index (χ4v) is 8.65. The first-order valence-electron chi connectivity index (χ1n) is 25.1. The quantitative estimate of drug-likeness (QED) is 0.157. The zero-order valence-electron chi connectivity index (χ0n) is 43.5. The number of aromatic hydroxyl groups is 1. The number of aryl methyl sites for hydroxylation is 2. The molecular weight excluding hydrogens is 779 g/mol. The number of nitrogens with zero attached hydrogens (tertiary/aromatic N) is 3. The van der Waals surface area contributed by atoms with Crippen LogP contribution in [0, 0.1) is 13.7 Å². The smallest absolute Gasteiger partial charge is 0.149 e. The lowest BCUT2D eigenvalue weighted by molar-refractivity contribution is 0.466. The van der Waals surface area contributed by atoms with Gasteiger partial charge >= 0.3 is 0 Å². The van der Waals surface area contributed by atoms with Gasteiger partial charge < -0.3 is 5.11 Å². The fourth-order valence-electron chi connectivity index (χ4n) is 8.65. The van der Waals surface area contributed by atoms with Crippen LogP contribution in [0.4, 0.5) is 0 Å². The van der Waals surface area contributed by atoms with Crippen molar-refractivity contribution in [2.45, 2.75) is 79.4 Å². The summed E-state index contributed by atoms with van der Waals surface area (Å²) in [4.78, 5) is 10.5. The van der Waals surface area contributed by atoms with Crippen molar-refractivity contribution in [1.82, 2.24) is 14.5 Å². The predicted octanol–water partition coefficient (Wildman–Crippen LogP) is 16.3. The first-order valence-corrected chi connectivity index (χ1v) is 22.1. The Labute approximate surface area is 387 Å². The van der Waals surface area contributed by atoms with E-state index in [9.17, 15) is 5.11 Å². The Balaban J connectivity index is 1.36. The molecule has 7 aromatic carbocycles. The van der Waals surface area contributed by atoms with E-state index < -0.39 is 13.7 Å². The molecule has 0 aliphatic carbocycles. The highest BCUT2D eigenvalue weighted by Crippen LogP contribution is 2.45. The SMILES string of the molecule is [2H]C([2H])([2H])c1ccc(-c2ccnc(-c3cc(-c4cccc5c4nc(-c4cc(C(C)C)cc(C(C)C)c4O)n5-c4cc(-c5ccccc5)c(C([2H])([2H])[2H])cc4-c4ccccc4)cc(C(C)(C)C)c3)c2)cc1. The molecule has 2 heterocycles. The number of benzene rings is 7. The van der Waals surface area contributed by atoms with E-state index in [0.717, 1.165) is 66.8 Å². The number of phenols is 1. The second kappa shape index (κ2) is 16.9. The van der Waals surface area contributed by atoms with Gasteiger partial charge in [-0.05, 0) is 135 Å². The molecule has 2 aromatic heterocycles. The van der Waals surface area contributed by atoms with Gasteiger partial charge in [0.15, 0.2) is 0 Å². The monoisotopic (exact) mass is 841 g/mol. The third-order valence-electron chi connectivity index (χ3n) is 12.3. The van der Waals surface area contributed by atoms with E-state index in [1.807, 2.05) is 115 Å². The maximum Gasteiger partial charge on any atom is 0.149 e. The molecule has 1 N–H and O–H groups in total. The second-order valence-electron chi connectivity index (χ2n) is 18.5. The summed E-state index contributed by atoms with van der Waals surface area (Å²) in [6.07, 6.45) is 1.79. The van der Waals surface area contributed by atoms with Crippen molar-refractivity contribution in [1.29, 1.82) is 0 Å². The topological polar surface area (TPSA) is 50.9 Å². The van der Waals surface area contributed by atoms with Gasteiger partial charge in [0, 0.05) is 31.1 Å². The minimum atomic E-state index is -2.44. The number of para-hydroxylation sites is 1. The lowest BCUT2D eigenvalue weighted by atomic mass is 9.83. The van der Waals surface area contributed by atoms with Gasteiger partial charge in [-0.2, -0.15) is 0 Å². The summed E-state index contributed by atoms with van der Waals surface area (Å²) in [5.74, 6) is 0.825. The number of hydrogen-bond donors (Lipinski definition) is 1. The number of aromatic nitrogens is 3. The summed E-state index contributed by atoms with van der Waals surface area (Å²) in [7, 11) is 0. The van der Waals surface area contributed by atoms with Gasteiger partial charge in [0.25, 0.3) is 0 Å². The molecular formula is C60H57N3O. The molecule has 0 aliphatic heterocycles. The van der Waals surface area contributed by atoms with Gasteiger partial charge in [-0.25, -0.2) is 4.98 Å². The predicted molar refractivity (Wildman–Crippen MR) is 269 cm³/mol. The summed E-state index contributed by atoms with van der Waals surface area (Å²) < 4.78 is 52.2. The van der Waals surface area contributed by atoms with Crippen LogP contribution in [-0.2, 0) is 5.41 Å². The van der Waals surface area contributed by atoms with Crippen LogP contribution in [0.3, 0.4) is 0 Å².